The normalized spacial score (nSPS) is 10.2. The summed E-state index contributed by atoms with van der Waals surface area (Å²) < 4.78 is 5.80. The Balaban J connectivity index is 2.11. The number of nitrogens with zero attached hydrogens (tertiary/aromatic N) is 1. The number of ether oxygens (including phenoxy) is 1. The van der Waals surface area contributed by atoms with Crippen LogP contribution in [0, 0.1) is 10.1 Å². The van der Waals surface area contributed by atoms with Crippen LogP contribution in [-0.2, 0) is 0 Å². The minimum Gasteiger partial charge on any atom is -0.485 e. The van der Waals surface area contributed by atoms with Crippen molar-refractivity contribution in [1.82, 2.24) is 0 Å². The summed E-state index contributed by atoms with van der Waals surface area (Å²) in [5, 5.41) is 11.1. The van der Waals surface area contributed by atoms with Crippen molar-refractivity contribution in [3.63, 3.8) is 0 Å². The van der Waals surface area contributed by atoms with Crippen LogP contribution in [0.4, 0.5) is 5.69 Å². The van der Waals surface area contributed by atoms with Crippen molar-refractivity contribution in [2.45, 2.75) is 0 Å². The van der Waals surface area contributed by atoms with Crippen LogP contribution >= 0.6 is 27.5 Å². The lowest BCUT2D eigenvalue weighted by Gasteiger charge is -2.07. The minimum absolute atomic E-state index is 0.121. The number of halogens is 2. The van der Waals surface area contributed by atoms with Crippen molar-refractivity contribution in [2.24, 2.45) is 0 Å². The minimum atomic E-state index is -0.534. The van der Waals surface area contributed by atoms with Crippen LogP contribution in [0.5, 0.6) is 5.75 Å². The standard InChI is InChI=1S/C14H9BrClNO4/c15-9-5-10(17(19)20)7-11(6-9)21-8-14(18)12-3-1-2-4-13(12)16/h1-7H,8H2. The van der Waals surface area contributed by atoms with Gasteiger partial charge >= 0.3 is 0 Å². The number of carbonyl (C=O) groups is 1. The third-order valence-electron chi connectivity index (χ3n) is 2.61. The Labute approximate surface area is 133 Å². The molecule has 2 aromatic carbocycles. The zero-order valence-corrected chi connectivity index (χ0v) is 12.9. The molecule has 2 aromatic rings. The van der Waals surface area contributed by atoms with Gasteiger partial charge in [0.1, 0.15) is 5.75 Å². The van der Waals surface area contributed by atoms with Gasteiger partial charge in [-0.25, -0.2) is 0 Å². The Morgan fingerprint density at radius 3 is 2.67 bits per heavy atom. The van der Waals surface area contributed by atoms with E-state index in [1.807, 2.05) is 0 Å². The van der Waals surface area contributed by atoms with Crippen LogP contribution in [0.3, 0.4) is 0 Å². The molecule has 0 aliphatic rings. The molecule has 0 amide bonds. The number of ketones is 1. The van der Waals surface area contributed by atoms with E-state index in [0.29, 0.717) is 15.1 Å². The summed E-state index contributed by atoms with van der Waals surface area (Å²) >= 11 is 9.07. The molecule has 0 bridgehead atoms. The fourth-order valence-corrected chi connectivity index (χ4v) is 2.35. The van der Waals surface area contributed by atoms with Crippen LogP contribution in [0.15, 0.2) is 46.9 Å². The lowest BCUT2D eigenvalue weighted by molar-refractivity contribution is -0.385. The van der Waals surface area contributed by atoms with Crippen molar-refractivity contribution in [1.29, 1.82) is 0 Å². The summed E-state index contributed by atoms with van der Waals surface area (Å²) in [5.41, 5.74) is 0.230. The Bertz CT molecular complexity index is 705. The number of nitro benzene ring substituents is 1. The molecule has 0 spiro atoms. The van der Waals surface area contributed by atoms with E-state index in [9.17, 15) is 14.9 Å². The first-order valence-corrected chi connectivity index (χ1v) is 7.00. The van der Waals surface area contributed by atoms with Crippen LogP contribution in [-0.4, -0.2) is 17.3 Å². The van der Waals surface area contributed by atoms with Crippen molar-refractivity contribution in [3.05, 3.63) is 67.6 Å². The lowest BCUT2D eigenvalue weighted by Crippen LogP contribution is -2.12. The lowest BCUT2D eigenvalue weighted by atomic mass is 10.1. The van der Waals surface area contributed by atoms with Crippen LogP contribution in [0.2, 0.25) is 5.02 Å². The molecule has 0 heterocycles. The largest absolute Gasteiger partial charge is 0.485 e. The first kappa shape index (κ1) is 15.5. The molecule has 0 aliphatic heterocycles. The molecule has 0 aromatic heterocycles. The maximum atomic E-state index is 12.0. The second kappa shape index (κ2) is 6.69. The van der Waals surface area contributed by atoms with Crippen LogP contribution in [0.1, 0.15) is 10.4 Å². The van der Waals surface area contributed by atoms with E-state index in [1.54, 1.807) is 30.3 Å². The number of nitro groups is 1. The van der Waals surface area contributed by atoms with Crippen LogP contribution in [0.25, 0.3) is 0 Å². The predicted octanol–water partition coefficient (Wildman–Crippen LogP) is 4.27. The number of carbonyl (C=O) groups excluding carboxylic acids is 1. The van der Waals surface area contributed by atoms with E-state index >= 15 is 0 Å². The summed E-state index contributed by atoms with van der Waals surface area (Å²) in [6, 6.07) is 10.8. The molecule has 7 heteroatoms. The summed E-state index contributed by atoms with van der Waals surface area (Å²) in [6.07, 6.45) is 0. The topological polar surface area (TPSA) is 69.4 Å². The molecule has 0 atom stereocenters. The fourth-order valence-electron chi connectivity index (χ4n) is 1.65. The highest BCUT2D eigenvalue weighted by molar-refractivity contribution is 9.10. The highest BCUT2D eigenvalue weighted by atomic mass is 79.9. The zero-order chi connectivity index (χ0) is 15.4. The molecule has 0 unspecified atom stereocenters. The molecule has 0 aliphatic carbocycles. The molecular weight excluding hydrogens is 362 g/mol. The summed E-state index contributed by atoms with van der Waals surface area (Å²) in [6.45, 7) is -0.253. The molecule has 2 rings (SSSR count). The molecule has 0 fully saturated rings. The average Bonchev–Trinajstić information content (AvgIpc) is 2.44. The van der Waals surface area contributed by atoms with E-state index in [2.05, 4.69) is 15.9 Å². The van der Waals surface area contributed by atoms with Gasteiger partial charge in [0.15, 0.2) is 6.61 Å². The number of Topliss-reactive ketones (excluding diaryl/α,β-unsaturated/α-hetero) is 1. The molecule has 21 heavy (non-hydrogen) atoms. The van der Waals surface area contributed by atoms with E-state index in [0.717, 1.165) is 0 Å². The molecule has 0 N–H and O–H groups in total. The van der Waals surface area contributed by atoms with Gasteiger partial charge in [0.2, 0.25) is 5.78 Å². The van der Waals surface area contributed by atoms with Gasteiger partial charge in [0, 0.05) is 16.1 Å². The summed E-state index contributed by atoms with van der Waals surface area (Å²) in [7, 11) is 0. The van der Waals surface area contributed by atoms with Gasteiger partial charge in [-0.05, 0) is 18.2 Å². The van der Waals surface area contributed by atoms with Crippen molar-refractivity contribution >= 4 is 39.0 Å². The van der Waals surface area contributed by atoms with Crippen molar-refractivity contribution in [2.75, 3.05) is 6.61 Å². The monoisotopic (exact) mass is 369 g/mol. The van der Waals surface area contributed by atoms with E-state index in [1.165, 1.54) is 12.1 Å². The molecule has 5 nitrogen and oxygen atoms in total. The van der Waals surface area contributed by atoms with Gasteiger partial charge < -0.3 is 4.74 Å². The summed E-state index contributed by atoms with van der Waals surface area (Å²) in [5.74, 6) is -0.0697. The fraction of sp³-hybridized carbons (Fsp3) is 0.0714. The smallest absolute Gasteiger partial charge is 0.274 e. The Kier molecular flexibility index (Phi) is 4.93. The number of hydrogen-bond acceptors (Lipinski definition) is 4. The Hall–Kier alpha value is -1.92. The number of non-ortho nitro benzene ring substituents is 1. The van der Waals surface area contributed by atoms with Gasteiger partial charge in [-0.1, -0.05) is 39.7 Å². The maximum Gasteiger partial charge on any atom is 0.274 e. The zero-order valence-electron chi connectivity index (χ0n) is 10.6. The van der Waals surface area contributed by atoms with E-state index in [-0.39, 0.29) is 23.8 Å². The van der Waals surface area contributed by atoms with Gasteiger partial charge in [0.25, 0.3) is 5.69 Å². The quantitative estimate of drug-likeness (QED) is 0.448. The van der Waals surface area contributed by atoms with Gasteiger partial charge in [-0.2, -0.15) is 0 Å². The van der Waals surface area contributed by atoms with Gasteiger partial charge in [-0.3, -0.25) is 14.9 Å². The third-order valence-corrected chi connectivity index (χ3v) is 3.40. The van der Waals surface area contributed by atoms with Crippen LogP contribution < -0.4 is 4.74 Å². The highest BCUT2D eigenvalue weighted by Gasteiger charge is 2.13. The summed E-state index contributed by atoms with van der Waals surface area (Å²) in [4.78, 5) is 22.2. The molecule has 0 saturated carbocycles. The Morgan fingerprint density at radius 2 is 2.00 bits per heavy atom. The van der Waals surface area contributed by atoms with Gasteiger partial charge in [-0.15, -0.1) is 0 Å². The third kappa shape index (κ3) is 4.03. The van der Waals surface area contributed by atoms with Crippen molar-refractivity contribution in [3.8, 4) is 5.75 Å². The number of rotatable bonds is 5. The van der Waals surface area contributed by atoms with Crippen molar-refractivity contribution < 1.29 is 14.5 Å². The van der Waals surface area contributed by atoms with Gasteiger partial charge in [0.05, 0.1) is 16.0 Å². The second-order valence-corrected chi connectivity index (χ2v) is 5.42. The van der Waals surface area contributed by atoms with E-state index in [4.69, 9.17) is 16.3 Å². The first-order chi connectivity index (χ1) is 9.97. The molecule has 0 radical (unpaired) electrons. The number of benzene rings is 2. The Morgan fingerprint density at radius 1 is 1.29 bits per heavy atom. The highest BCUT2D eigenvalue weighted by Crippen LogP contribution is 2.26. The molecule has 108 valence electrons. The number of hydrogen-bond donors (Lipinski definition) is 0. The molecule has 0 saturated heterocycles. The first-order valence-electron chi connectivity index (χ1n) is 5.83. The molecular formula is C14H9BrClNO4. The average molecular weight is 371 g/mol. The SMILES string of the molecule is O=C(COc1cc(Br)cc([N+](=O)[O-])c1)c1ccccc1Cl. The predicted molar refractivity (Wildman–Crippen MR) is 82.1 cm³/mol. The second-order valence-electron chi connectivity index (χ2n) is 4.09. The van der Waals surface area contributed by atoms with E-state index < -0.39 is 4.92 Å². The maximum absolute atomic E-state index is 12.0.